The second-order valence-corrected chi connectivity index (χ2v) is 7.27. The van der Waals surface area contributed by atoms with E-state index in [1.165, 1.54) is 6.42 Å². The van der Waals surface area contributed by atoms with E-state index in [4.69, 9.17) is 14.2 Å². The second-order valence-electron chi connectivity index (χ2n) is 7.27. The van der Waals surface area contributed by atoms with Gasteiger partial charge in [0.1, 0.15) is 5.60 Å². The van der Waals surface area contributed by atoms with Gasteiger partial charge in [0.05, 0.1) is 12.0 Å². The molecule has 134 valence electrons. The Morgan fingerprint density at radius 3 is 2.30 bits per heavy atom. The summed E-state index contributed by atoms with van der Waals surface area (Å²) in [7, 11) is 1.66. The molecule has 0 saturated heterocycles. The van der Waals surface area contributed by atoms with E-state index in [1.54, 1.807) is 7.11 Å². The van der Waals surface area contributed by atoms with Gasteiger partial charge in [-0.2, -0.15) is 0 Å². The summed E-state index contributed by atoms with van der Waals surface area (Å²) in [6.45, 7) is 7.82. The lowest BCUT2D eigenvalue weighted by molar-refractivity contribution is -0.183. The molecule has 0 radical (unpaired) electrons. The van der Waals surface area contributed by atoms with Crippen molar-refractivity contribution in [3.05, 3.63) is 0 Å². The minimum Gasteiger partial charge on any atom is -0.456 e. The number of methoxy groups -OCH3 is 1. The maximum absolute atomic E-state index is 12.2. The van der Waals surface area contributed by atoms with Gasteiger partial charge in [0, 0.05) is 13.0 Å². The average Bonchev–Trinajstić information content (AvgIpc) is 2.53. The van der Waals surface area contributed by atoms with Crippen LogP contribution in [0.25, 0.3) is 0 Å². The van der Waals surface area contributed by atoms with E-state index in [0.29, 0.717) is 13.0 Å². The van der Waals surface area contributed by atoms with Crippen molar-refractivity contribution in [1.82, 2.24) is 0 Å². The number of rotatable bonds is 8. The highest BCUT2D eigenvalue weighted by Gasteiger charge is 2.41. The highest BCUT2D eigenvalue weighted by Crippen LogP contribution is 2.38. The summed E-state index contributed by atoms with van der Waals surface area (Å²) in [6, 6.07) is 0. The van der Waals surface area contributed by atoms with Gasteiger partial charge in [-0.25, -0.2) is 4.79 Å². The maximum Gasteiger partial charge on any atom is 0.344 e. The van der Waals surface area contributed by atoms with Crippen molar-refractivity contribution in [1.29, 1.82) is 0 Å². The van der Waals surface area contributed by atoms with E-state index in [9.17, 15) is 9.59 Å². The quantitative estimate of drug-likeness (QED) is 0.638. The highest BCUT2D eigenvalue weighted by molar-refractivity contribution is 5.79. The standard InChI is InChI=1S/C18H32O5/c1-6-17(3,4)16(20)22-13-15(19)23-18(14(2)12-21-5)10-8-7-9-11-18/h14H,6-13H2,1-5H3. The maximum atomic E-state index is 12.2. The monoisotopic (exact) mass is 328 g/mol. The van der Waals surface area contributed by atoms with Gasteiger partial charge in [-0.05, 0) is 46.0 Å². The van der Waals surface area contributed by atoms with E-state index >= 15 is 0 Å². The van der Waals surface area contributed by atoms with Crippen LogP contribution in [-0.2, 0) is 23.8 Å². The first kappa shape index (κ1) is 19.9. The molecule has 1 aliphatic carbocycles. The third kappa shape index (κ3) is 5.48. The van der Waals surface area contributed by atoms with Gasteiger partial charge in [0.15, 0.2) is 6.61 Å². The van der Waals surface area contributed by atoms with Gasteiger partial charge in [-0.1, -0.05) is 20.3 Å². The predicted octanol–water partition coefficient (Wildman–Crippen LogP) is 3.49. The van der Waals surface area contributed by atoms with Crippen LogP contribution in [0.4, 0.5) is 0 Å². The molecule has 0 bridgehead atoms. The molecule has 1 atom stereocenters. The van der Waals surface area contributed by atoms with Crippen LogP contribution < -0.4 is 0 Å². The van der Waals surface area contributed by atoms with Crippen LogP contribution in [0.2, 0.25) is 0 Å². The summed E-state index contributed by atoms with van der Waals surface area (Å²) < 4.78 is 16.2. The number of esters is 2. The average molecular weight is 328 g/mol. The molecule has 0 spiro atoms. The molecular formula is C18H32O5. The van der Waals surface area contributed by atoms with Crippen molar-refractivity contribution in [2.45, 2.75) is 71.8 Å². The molecule has 0 N–H and O–H groups in total. The Labute approximate surface area is 140 Å². The number of ether oxygens (including phenoxy) is 3. The highest BCUT2D eigenvalue weighted by atomic mass is 16.6. The van der Waals surface area contributed by atoms with Crippen LogP contribution in [0, 0.1) is 11.3 Å². The third-order valence-electron chi connectivity index (χ3n) is 5.09. The lowest BCUT2D eigenvalue weighted by atomic mass is 9.76. The fourth-order valence-electron chi connectivity index (χ4n) is 2.97. The van der Waals surface area contributed by atoms with Crippen LogP contribution in [0.15, 0.2) is 0 Å². The fourth-order valence-corrected chi connectivity index (χ4v) is 2.97. The number of carbonyl (C=O) groups excluding carboxylic acids is 2. The Bertz CT molecular complexity index is 396. The number of hydrogen-bond acceptors (Lipinski definition) is 5. The summed E-state index contributed by atoms with van der Waals surface area (Å²) in [5.41, 5.74) is -1.07. The topological polar surface area (TPSA) is 61.8 Å². The molecule has 0 aromatic carbocycles. The minimum atomic E-state index is -0.577. The first-order valence-electron chi connectivity index (χ1n) is 8.65. The minimum absolute atomic E-state index is 0.125. The van der Waals surface area contributed by atoms with E-state index in [1.807, 2.05) is 27.7 Å². The van der Waals surface area contributed by atoms with Gasteiger partial charge in [0.2, 0.25) is 0 Å². The molecule has 5 nitrogen and oxygen atoms in total. The molecule has 0 aromatic rings. The van der Waals surface area contributed by atoms with Gasteiger partial charge in [-0.3, -0.25) is 4.79 Å². The summed E-state index contributed by atoms with van der Waals surface area (Å²) in [5, 5.41) is 0. The molecule has 1 aliphatic rings. The predicted molar refractivity (Wildman–Crippen MR) is 88.0 cm³/mol. The molecule has 0 heterocycles. The van der Waals surface area contributed by atoms with Crippen LogP contribution >= 0.6 is 0 Å². The summed E-state index contributed by atoms with van der Waals surface area (Å²) in [4.78, 5) is 24.2. The Hall–Kier alpha value is -1.10. The Morgan fingerprint density at radius 1 is 1.17 bits per heavy atom. The largest absolute Gasteiger partial charge is 0.456 e. The molecule has 1 fully saturated rings. The van der Waals surface area contributed by atoms with Crippen molar-refractivity contribution in [2.75, 3.05) is 20.3 Å². The zero-order valence-corrected chi connectivity index (χ0v) is 15.3. The number of hydrogen-bond donors (Lipinski definition) is 0. The fraction of sp³-hybridized carbons (Fsp3) is 0.889. The third-order valence-corrected chi connectivity index (χ3v) is 5.09. The van der Waals surface area contributed by atoms with Gasteiger partial charge in [-0.15, -0.1) is 0 Å². The Balaban J connectivity index is 2.62. The molecule has 1 unspecified atom stereocenters. The smallest absolute Gasteiger partial charge is 0.344 e. The Morgan fingerprint density at radius 2 is 1.78 bits per heavy atom. The van der Waals surface area contributed by atoms with E-state index in [2.05, 4.69) is 0 Å². The molecule has 0 amide bonds. The van der Waals surface area contributed by atoms with E-state index in [0.717, 1.165) is 25.7 Å². The first-order chi connectivity index (χ1) is 10.8. The summed E-state index contributed by atoms with van der Waals surface area (Å²) in [5.74, 6) is -0.700. The number of carbonyl (C=O) groups is 2. The zero-order valence-electron chi connectivity index (χ0n) is 15.3. The van der Waals surface area contributed by atoms with Gasteiger partial charge >= 0.3 is 11.9 Å². The zero-order chi connectivity index (χ0) is 17.5. The van der Waals surface area contributed by atoms with Crippen LogP contribution in [0.5, 0.6) is 0 Å². The SMILES string of the molecule is CCC(C)(C)C(=O)OCC(=O)OC1(C(C)COC)CCCCC1. The van der Waals surface area contributed by atoms with Crippen molar-refractivity contribution in [2.24, 2.45) is 11.3 Å². The van der Waals surface area contributed by atoms with E-state index < -0.39 is 17.0 Å². The van der Waals surface area contributed by atoms with Crippen molar-refractivity contribution in [3.63, 3.8) is 0 Å². The molecule has 0 aliphatic heterocycles. The molecule has 1 saturated carbocycles. The van der Waals surface area contributed by atoms with Gasteiger partial charge in [0.25, 0.3) is 0 Å². The van der Waals surface area contributed by atoms with Crippen LogP contribution in [0.1, 0.15) is 66.2 Å². The van der Waals surface area contributed by atoms with Crippen LogP contribution in [-0.4, -0.2) is 37.9 Å². The molecule has 23 heavy (non-hydrogen) atoms. The molecular weight excluding hydrogens is 296 g/mol. The summed E-state index contributed by atoms with van der Waals surface area (Å²) >= 11 is 0. The first-order valence-corrected chi connectivity index (χ1v) is 8.65. The molecule has 1 rings (SSSR count). The van der Waals surface area contributed by atoms with Crippen molar-refractivity contribution >= 4 is 11.9 Å². The molecule has 5 heteroatoms. The lowest BCUT2D eigenvalue weighted by Crippen LogP contribution is -2.46. The normalized spacial score (nSPS) is 19.0. The molecule has 0 aromatic heterocycles. The van der Waals surface area contributed by atoms with Crippen LogP contribution in [0.3, 0.4) is 0 Å². The Kier molecular flexibility index (Phi) is 7.52. The summed E-state index contributed by atoms with van der Waals surface area (Å²) in [6.07, 6.45) is 5.61. The van der Waals surface area contributed by atoms with Gasteiger partial charge < -0.3 is 14.2 Å². The van der Waals surface area contributed by atoms with E-state index in [-0.39, 0.29) is 18.5 Å². The lowest BCUT2D eigenvalue weighted by Gasteiger charge is -2.41. The van der Waals surface area contributed by atoms with Crippen molar-refractivity contribution in [3.8, 4) is 0 Å². The van der Waals surface area contributed by atoms with Crippen molar-refractivity contribution < 1.29 is 23.8 Å². The second kappa shape index (κ2) is 8.67.